The minimum atomic E-state index is -0.513. The van der Waals surface area contributed by atoms with Crippen molar-refractivity contribution in [1.82, 2.24) is 19.7 Å². The zero-order chi connectivity index (χ0) is 20.4. The second-order valence-corrected chi connectivity index (χ2v) is 6.50. The Kier molecular flexibility index (Phi) is 4.82. The first kappa shape index (κ1) is 18.4. The minimum absolute atomic E-state index is 0.00775. The third-order valence-corrected chi connectivity index (χ3v) is 4.65. The fraction of sp³-hybridized carbons (Fsp3) is 0.211. The second kappa shape index (κ2) is 7.58. The maximum Gasteiger partial charge on any atom is 0.410 e. The molecule has 0 aliphatic carbocycles. The average Bonchev–Trinajstić information content (AvgIpc) is 3.09. The van der Waals surface area contributed by atoms with Gasteiger partial charge in [0.1, 0.15) is 6.61 Å². The Balaban J connectivity index is 1.41. The number of pyridine rings is 1. The number of nitro benzene ring substituents is 1. The lowest BCUT2D eigenvalue weighted by Crippen LogP contribution is -2.36. The zero-order valence-corrected chi connectivity index (χ0v) is 15.3. The van der Waals surface area contributed by atoms with Crippen molar-refractivity contribution in [1.29, 1.82) is 0 Å². The van der Waals surface area contributed by atoms with Crippen molar-refractivity contribution in [3.8, 4) is 11.7 Å². The van der Waals surface area contributed by atoms with E-state index in [2.05, 4.69) is 10.1 Å². The predicted molar refractivity (Wildman–Crippen MR) is 100 cm³/mol. The van der Waals surface area contributed by atoms with Gasteiger partial charge >= 0.3 is 6.09 Å². The van der Waals surface area contributed by atoms with E-state index in [4.69, 9.17) is 4.74 Å². The smallest absolute Gasteiger partial charge is 0.410 e. The molecule has 0 atom stereocenters. The normalized spacial score (nSPS) is 13.0. The summed E-state index contributed by atoms with van der Waals surface area (Å²) in [7, 11) is 0. The molecule has 0 radical (unpaired) electrons. The number of nitrogens with zero attached hydrogens (tertiary/aromatic N) is 5. The van der Waals surface area contributed by atoms with Crippen LogP contribution in [0.25, 0.3) is 5.82 Å². The van der Waals surface area contributed by atoms with E-state index in [1.807, 2.05) is 0 Å². The van der Waals surface area contributed by atoms with Crippen LogP contribution in [0.3, 0.4) is 0 Å². The van der Waals surface area contributed by atoms with Gasteiger partial charge in [0.05, 0.1) is 17.2 Å². The van der Waals surface area contributed by atoms with E-state index in [0.717, 1.165) is 0 Å². The first-order valence-corrected chi connectivity index (χ1v) is 8.89. The molecule has 0 unspecified atom stereocenters. The van der Waals surface area contributed by atoms with E-state index in [-0.39, 0.29) is 24.7 Å². The Morgan fingerprint density at radius 1 is 1.24 bits per heavy atom. The molecule has 10 nitrogen and oxygen atoms in total. The third kappa shape index (κ3) is 3.72. The number of amides is 1. The minimum Gasteiger partial charge on any atom is -0.493 e. The molecule has 0 saturated heterocycles. The van der Waals surface area contributed by atoms with Crippen LogP contribution in [0.15, 0.2) is 48.7 Å². The van der Waals surface area contributed by atoms with Gasteiger partial charge in [0.15, 0.2) is 5.82 Å². The Hall–Kier alpha value is -3.95. The van der Waals surface area contributed by atoms with Crippen molar-refractivity contribution in [2.75, 3.05) is 6.54 Å². The van der Waals surface area contributed by atoms with E-state index in [1.165, 1.54) is 21.7 Å². The largest absolute Gasteiger partial charge is 0.493 e. The van der Waals surface area contributed by atoms with E-state index in [1.54, 1.807) is 36.5 Å². The van der Waals surface area contributed by atoms with Gasteiger partial charge in [0.25, 0.3) is 5.69 Å². The van der Waals surface area contributed by atoms with Crippen LogP contribution in [-0.4, -0.2) is 42.3 Å². The summed E-state index contributed by atoms with van der Waals surface area (Å²) >= 11 is 0. The lowest BCUT2D eigenvalue weighted by atomic mass is 10.1. The predicted octanol–water partition coefficient (Wildman–Crippen LogP) is 2.58. The molecule has 1 N–H and O–H groups in total. The molecule has 3 heterocycles. The molecule has 1 aliphatic heterocycles. The van der Waals surface area contributed by atoms with Gasteiger partial charge < -0.3 is 14.7 Å². The standard InChI is InChI=1S/C19H17N5O5/c25-18-15-8-10-22(11-16(15)21-23(18)17-3-1-2-9-20-17)19(26)29-12-13-4-6-14(7-5-13)24(27)28/h1-7,9,25H,8,10-12H2. The molecule has 10 heteroatoms. The van der Waals surface area contributed by atoms with Gasteiger partial charge in [-0.1, -0.05) is 6.07 Å². The molecule has 0 fully saturated rings. The van der Waals surface area contributed by atoms with Crippen molar-refractivity contribution in [3.05, 3.63) is 75.6 Å². The number of benzene rings is 1. The molecule has 3 aromatic rings. The Labute approximate surface area is 165 Å². The molecule has 148 valence electrons. The number of aromatic hydroxyl groups is 1. The van der Waals surface area contributed by atoms with Gasteiger partial charge in [0, 0.05) is 30.4 Å². The summed E-state index contributed by atoms with van der Waals surface area (Å²) < 4.78 is 6.67. The molecule has 29 heavy (non-hydrogen) atoms. The Morgan fingerprint density at radius 3 is 2.72 bits per heavy atom. The van der Waals surface area contributed by atoms with Crippen molar-refractivity contribution < 1.29 is 19.6 Å². The van der Waals surface area contributed by atoms with Crippen LogP contribution in [0.5, 0.6) is 5.88 Å². The average molecular weight is 395 g/mol. The van der Waals surface area contributed by atoms with Gasteiger partial charge in [-0.3, -0.25) is 10.1 Å². The quantitative estimate of drug-likeness (QED) is 0.532. The van der Waals surface area contributed by atoms with Crippen LogP contribution in [-0.2, 0) is 24.3 Å². The van der Waals surface area contributed by atoms with Gasteiger partial charge in [0.2, 0.25) is 5.88 Å². The highest BCUT2D eigenvalue weighted by atomic mass is 16.6. The number of fused-ring (bicyclic) bond motifs is 1. The first-order chi connectivity index (χ1) is 14.0. The van der Waals surface area contributed by atoms with E-state index < -0.39 is 11.0 Å². The number of aromatic nitrogens is 3. The van der Waals surface area contributed by atoms with Crippen molar-refractivity contribution in [3.63, 3.8) is 0 Å². The van der Waals surface area contributed by atoms with Crippen LogP contribution in [0.4, 0.5) is 10.5 Å². The summed E-state index contributed by atoms with van der Waals surface area (Å²) in [4.78, 5) is 28.3. The highest BCUT2D eigenvalue weighted by Gasteiger charge is 2.28. The SMILES string of the molecule is O=C(OCc1ccc([N+](=O)[O-])cc1)N1CCc2c(nn(-c3ccccn3)c2O)C1. The monoisotopic (exact) mass is 395 g/mol. The molecule has 0 spiro atoms. The second-order valence-electron chi connectivity index (χ2n) is 6.50. The molecule has 2 aromatic heterocycles. The number of non-ortho nitro benzene ring substituents is 1. The number of hydrogen-bond acceptors (Lipinski definition) is 7. The molecule has 4 rings (SSSR count). The molecule has 1 aromatic carbocycles. The van der Waals surface area contributed by atoms with Gasteiger partial charge in [-0.05, 0) is 36.2 Å². The van der Waals surface area contributed by atoms with E-state index in [0.29, 0.717) is 35.6 Å². The lowest BCUT2D eigenvalue weighted by molar-refractivity contribution is -0.384. The highest BCUT2D eigenvalue weighted by molar-refractivity contribution is 5.68. The van der Waals surface area contributed by atoms with Gasteiger partial charge in [-0.2, -0.15) is 9.78 Å². The number of carbonyl (C=O) groups excluding carboxylic acids is 1. The van der Waals surface area contributed by atoms with E-state index >= 15 is 0 Å². The maximum atomic E-state index is 12.4. The summed E-state index contributed by atoms with van der Waals surface area (Å²) in [5, 5.41) is 25.5. The summed E-state index contributed by atoms with van der Waals surface area (Å²) in [6.45, 7) is 0.600. The zero-order valence-electron chi connectivity index (χ0n) is 15.3. The number of carbonyl (C=O) groups is 1. The van der Waals surface area contributed by atoms with Crippen LogP contribution >= 0.6 is 0 Å². The molecular formula is C19H17N5O5. The van der Waals surface area contributed by atoms with Crippen molar-refractivity contribution in [2.45, 2.75) is 19.6 Å². The van der Waals surface area contributed by atoms with Crippen LogP contribution in [0, 0.1) is 10.1 Å². The number of rotatable bonds is 4. The van der Waals surface area contributed by atoms with Gasteiger partial charge in [-0.25, -0.2) is 9.78 Å². The summed E-state index contributed by atoms with van der Waals surface area (Å²) in [6, 6.07) is 11.1. The molecule has 0 bridgehead atoms. The molecule has 0 saturated carbocycles. The topological polar surface area (TPSA) is 124 Å². The van der Waals surface area contributed by atoms with E-state index in [9.17, 15) is 20.0 Å². The van der Waals surface area contributed by atoms with Crippen molar-refractivity contribution >= 4 is 11.8 Å². The molecule has 1 aliphatic rings. The molecular weight excluding hydrogens is 378 g/mol. The Morgan fingerprint density at radius 2 is 2.03 bits per heavy atom. The maximum absolute atomic E-state index is 12.4. The van der Waals surface area contributed by atoms with Crippen LogP contribution < -0.4 is 0 Å². The van der Waals surface area contributed by atoms with Crippen LogP contribution in [0.2, 0.25) is 0 Å². The fourth-order valence-corrected chi connectivity index (χ4v) is 3.12. The van der Waals surface area contributed by atoms with Crippen LogP contribution in [0.1, 0.15) is 16.8 Å². The number of hydrogen-bond donors (Lipinski definition) is 1. The summed E-state index contributed by atoms with van der Waals surface area (Å²) in [5.74, 6) is 0.518. The third-order valence-electron chi connectivity index (χ3n) is 4.65. The van der Waals surface area contributed by atoms with Gasteiger partial charge in [-0.15, -0.1) is 0 Å². The highest BCUT2D eigenvalue weighted by Crippen LogP contribution is 2.29. The number of ether oxygens (including phenoxy) is 1. The van der Waals surface area contributed by atoms with Crippen molar-refractivity contribution in [2.24, 2.45) is 0 Å². The Bertz CT molecular complexity index is 1050. The first-order valence-electron chi connectivity index (χ1n) is 8.89. The fourth-order valence-electron chi connectivity index (χ4n) is 3.12. The summed E-state index contributed by atoms with van der Waals surface area (Å²) in [5.41, 5.74) is 1.91. The summed E-state index contributed by atoms with van der Waals surface area (Å²) in [6.07, 6.45) is 1.54. The number of nitro groups is 1. The molecule has 1 amide bonds. The lowest BCUT2D eigenvalue weighted by Gasteiger charge is -2.25.